The number of benzene rings is 1. The van der Waals surface area contributed by atoms with E-state index in [9.17, 15) is 14.7 Å². The largest absolute Gasteiger partial charge is 0.479 e. The van der Waals surface area contributed by atoms with E-state index < -0.39 is 12.1 Å². The van der Waals surface area contributed by atoms with E-state index in [1.165, 1.54) is 11.3 Å². The molecule has 1 N–H and O–H groups in total. The predicted molar refractivity (Wildman–Crippen MR) is 90.2 cm³/mol. The van der Waals surface area contributed by atoms with Gasteiger partial charge in [-0.25, -0.2) is 9.78 Å². The van der Waals surface area contributed by atoms with Crippen molar-refractivity contribution in [2.45, 2.75) is 26.1 Å². The fraction of sp³-hybridized carbons (Fsp3) is 0.353. The van der Waals surface area contributed by atoms with E-state index in [1.54, 1.807) is 11.8 Å². The van der Waals surface area contributed by atoms with E-state index in [0.717, 1.165) is 10.6 Å². The number of carbonyl (C=O) groups excluding carboxylic acids is 1. The number of carbonyl (C=O) groups is 2. The Morgan fingerprint density at radius 3 is 2.67 bits per heavy atom. The van der Waals surface area contributed by atoms with Crippen molar-refractivity contribution in [1.29, 1.82) is 0 Å². The van der Waals surface area contributed by atoms with Gasteiger partial charge in [0.25, 0.3) is 5.91 Å². The standard InChI is InChI=1S/C17H18N2O4S/c1-10-8-19(9-13(23-10)17(21)22)16(20)15-14(18-11(2)24-15)12-6-4-3-5-7-12/h3-7,10,13H,8-9H2,1-2H3,(H,21,22)/t10-,13?/m1/s1. The number of amides is 1. The van der Waals surface area contributed by atoms with Crippen LogP contribution >= 0.6 is 11.3 Å². The minimum Gasteiger partial charge on any atom is -0.479 e. The van der Waals surface area contributed by atoms with Gasteiger partial charge in [0.15, 0.2) is 6.10 Å². The normalized spacial score (nSPS) is 20.8. The van der Waals surface area contributed by atoms with Crippen LogP contribution in [0.25, 0.3) is 11.3 Å². The molecule has 2 heterocycles. The maximum atomic E-state index is 13.0. The first-order valence-corrected chi connectivity index (χ1v) is 8.47. The molecule has 1 aromatic carbocycles. The Hall–Kier alpha value is -2.25. The van der Waals surface area contributed by atoms with Crippen molar-refractivity contribution < 1.29 is 19.4 Å². The average molecular weight is 346 g/mol. The second-order valence-electron chi connectivity index (χ2n) is 5.76. The lowest BCUT2D eigenvalue weighted by molar-refractivity contribution is -0.160. The third-order valence-electron chi connectivity index (χ3n) is 3.80. The Morgan fingerprint density at radius 2 is 2.00 bits per heavy atom. The maximum Gasteiger partial charge on any atom is 0.334 e. The van der Waals surface area contributed by atoms with E-state index in [4.69, 9.17) is 4.74 Å². The molecule has 7 heteroatoms. The highest BCUT2D eigenvalue weighted by molar-refractivity contribution is 7.14. The number of nitrogens with zero attached hydrogens (tertiary/aromatic N) is 2. The lowest BCUT2D eigenvalue weighted by Crippen LogP contribution is -2.51. The van der Waals surface area contributed by atoms with E-state index in [-0.39, 0.29) is 18.6 Å². The van der Waals surface area contributed by atoms with Crippen molar-refractivity contribution in [2.75, 3.05) is 13.1 Å². The summed E-state index contributed by atoms with van der Waals surface area (Å²) in [4.78, 5) is 30.8. The van der Waals surface area contributed by atoms with E-state index in [1.807, 2.05) is 37.3 Å². The van der Waals surface area contributed by atoms with Gasteiger partial charge in [0.05, 0.1) is 23.4 Å². The SMILES string of the molecule is Cc1nc(-c2ccccc2)c(C(=O)N2CC(C(=O)O)O[C@H](C)C2)s1. The average Bonchev–Trinajstić information content (AvgIpc) is 2.96. The Labute approximate surface area is 143 Å². The number of aromatic nitrogens is 1. The zero-order chi connectivity index (χ0) is 17.3. The van der Waals surface area contributed by atoms with Crippen molar-refractivity contribution in [3.05, 3.63) is 40.2 Å². The third kappa shape index (κ3) is 3.32. The van der Waals surface area contributed by atoms with Crippen molar-refractivity contribution in [3.8, 4) is 11.3 Å². The lowest BCUT2D eigenvalue weighted by atomic mass is 10.1. The molecule has 1 aromatic heterocycles. The molecule has 126 valence electrons. The lowest BCUT2D eigenvalue weighted by Gasteiger charge is -2.34. The first-order chi connectivity index (χ1) is 11.5. The molecule has 1 amide bonds. The number of rotatable bonds is 3. The van der Waals surface area contributed by atoms with Gasteiger partial charge in [-0.3, -0.25) is 4.79 Å². The Bertz CT molecular complexity index is 759. The van der Waals surface area contributed by atoms with Gasteiger partial charge in [-0.15, -0.1) is 11.3 Å². The van der Waals surface area contributed by atoms with Crippen LogP contribution in [0.15, 0.2) is 30.3 Å². The monoisotopic (exact) mass is 346 g/mol. The number of hydrogen-bond donors (Lipinski definition) is 1. The molecule has 0 spiro atoms. The van der Waals surface area contributed by atoms with Crippen molar-refractivity contribution in [3.63, 3.8) is 0 Å². The molecule has 0 radical (unpaired) electrons. The molecular weight excluding hydrogens is 328 g/mol. The third-order valence-corrected chi connectivity index (χ3v) is 4.76. The highest BCUT2D eigenvalue weighted by Gasteiger charge is 2.34. The molecule has 1 unspecified atom stereocenters. The first kappa shape index (κ1) is 16.6. The molecule has 3 rings (SSSR count). The molecule has 1 aliphatic heterocycles. The van der Waals surface area contributed by atoms with Gasteiger partial charge in [0.1, 0.15) is 4.88 Å². The number of carboxylic acids is 1. The van der Waals surface area contributed by atoms with Crippen molar-refractivity contribution in [2.24, 2.45) is 0 Å². The first-order valence-electron chi connectivity index (χ1n) is 7.66. The van der Waals surface area contributed by atoms with Crippen LogP contribution in [0.1, 0.15) is 21.6 Å². The molecule has 0 bridgehead atoms. The van der Waals surface area contributed by atoms with Crippen molar-refractivity contribution in [1.82, 2.24) is 9.88 Å². The number of aliphatic carboxylic acids is 1. The maximum absolute atomic E-state index is 13.0. The minimum absolute atomic E-state index is 0.0453. The summed E-state index contributed by atoms with van der Waals surface area (Å²) in [5.74, 6) is -1.25. The molecule has 2 atom stereocenters. The summed E-state index contributed by atoms with van der Waals surface area (Å²) in [7, 11) is 0. The number of hydrogen-bond acceptors (Lipinski definition) is 5. The summed E-state index contributed by atoms with van der Waals surface area (Å²) in [6.45, 7) is 4.04. The molecule has 1 fully saturated rings. The molecular formula is C17H18N2O4S. The van der Waals surface area contributed by atoms with Gasteiger partial charge < -0.3 is 14.7 Å². The predicted octanol–water partition coefficient (Wildman–Crippen LogP) is 2.43. The number of thiazole rings is 1. The van der Waals surface area contributed by atoms with Crippen LogP contribution in [0, 0.1) is 6.92 Å². The highest BCUT2D eigenvalue weighted by Crippen LogP contribution is 2.30. The van der Waals surface area contributed by atoms with E-state index in [0.29, 0.717) is 17.1 Å². The Morgan fingerprint density at radius 1 is 1.29 bits per heavy atom. The second-order valence-corrected chi connectivity index (χ2v) is 6.96. The number of ether oxygens (including phenoxy) is 1. The molecule has 0 saturated carbocycles. The van der Waals surface area contributed by atoms with Crippen LogP contribution in [-0.2, 0) is 9.53 Å². The van der Waals surface area contributed by atoms with E-state index >= 15 is 0 Å². The molecule has 24 heavy (non-hydrogen) atoms. The Balaban J connectivity index is 1.92. The van der Waals surface area contributed by atoms with Gasteiger partial charge in [-0.1, -0.05) is 30.3 Å². The quantitative estimate of drug-likeness (QED) is 0.923. The van der Waals surface area contributed by atoms with Crippen LogP contribution in [0.3, 0.4) is 0 Å². The fourth-order valence-electron chi connectivity index (χ4n) is 2.76. The van der Waals surface area contributed by atoms with E-state index in [2.05, 4.69) is 4.98 Å². The zero-order valence-electron chi connectivity index (χ0n) is 13.4. The number of carboxylic acid groups (broad SMARTS) is 1. The van der Waals surface area contributed by atoms with Gasteiger partial charge in [-0.2, -0.15) is 0 Å². The van der Waals surface area contributed by atoms with Crippen LogP contribution in [-0.4, -0.2) is 52.2 Å². The van der Waals surface area contributed by atoms with Crippen LogP contribution < -0.4 is 0 Å². The van der Waals surface area contributed by atoms with Gasteiger partial charge in [-0.05, 0) is 13.8 Å². The summed E-state index contributed by atoms with van der Waals surface area (Å²) < 4.78 is 5.38. The minimum atomic E-state index is -1.05. The molecule has 2 aromatic rings. The smallest absolute Gasteiger partial charge is 0.334 e. The zero-order valence-corrected chi connectivity index (χ0v) is 14.2. The highest BCUT2D eigenvalue weighted by atomic mass is 32.1. The molecule has 1 saturated heterocycles. The molecule has 6 nitrogen and oxygen atoms in total. The second kappa shape index (κ2) is 6.70. The van der Waals surface area contributed by atoms with Gasteiger partial charge >= 0.3 is 5.97 Å². The van der Waals surface area contributed by atoms with Crippen LogP contribution in [0.2, 0.25) is 0 Å². The summed E-state index contributed by atoms with van der Waals surface area (Å²) >= 11 is 1.33. The topological polar surface area (TPSA) is 79.7 Å². The van der Waals surface area contributed by atoms with Crippen LogP contribution in [0.4, 0.5) is 0 Å². The van der Waals surface area contributed by atoms with Crippen molar-refractivity contribution >= 4 is 23.2 Å². The number of aryl methyl sites for hydroxylation is 1. The Kier molecular flexibility index (Phi) is 4.64. The fourth-order valence-corrected chi connectivity index (χ4v) is 3.67. The summed E-state index contributed by atoms with van der Waals surface area (Å²) in [6, 6.07) is 9.52. The molecule has 0 aliphatic carbocycles. The molecule has 1 aliphatic rings. The summed E-state index contributed by atoms with van der Waals surface area (Å²) in [6.07, 6.45) is -1.31. The number of morpholine rings is 1. The summed E-state index contributed by atoms with van der Waals surface area (Å²) in [5, 5.41) is 9.99. The van der Waals surface area contributed by atoms with Gasteiger partial charge in [0.2, 0.25) is 0 Å². The van der Waals surface area contributed by atoms with Gasteiger partial charge in [0, 0.05) is 12.1 Å². The van der Waals surface area contributed by atoms with Crippen LogP contribution in [0.5, 0.6) is 0 Å². The summed E-state index contributed by atoms with van der Waals surface area (Å²) in [5.41, 5.74) is 1.52.